The van der Waals surface area contributed by atoms with Crippen molar-refractivity contribution >= 4 is 34.8 Å². The zero-order valence-corrected chi connectivity index (χ0v) is 22.9. The van der Waals surface area contributed by atoms with Gasteiger partial charge >= 0.3 is 5.97 Å². The van der Waals surface area contributed by atoms with Crippen molar-refractivity contribution in [2.24, 2.45) is 0 Å². The Kier molecular flexibility index (Phi) is 7.76. The summed E-state index contributed by atoms with van der Waals surface area (Å²) >= 11 is 0. The van der Waals surface area contributed by atoms with Gasteiger partial charge in [0.2, 0.25) is 0 Å². The van der Waals surface area contributed by atoms with Crippen molar-refractivity contribution in [2.45, 2.75) is 25.8 Å². The molecule has 4 rings (SSSR count). The Morgan fingerprint density at radius 3 is 2.23 bits per heavy atom. The largest absolute Gasteiger partial charge is 0.507 e. The molecule has 0 bridgehead atoms. The first-order valence-electron chi connectivity index (χ1n) is 12.5. The molecule has 0 saturated carbocycles. The Labute approximate surface area is 228 Å². The quantitative estimate of drug-likeness (QED) is 0.192. The van der Waals surface area contributed by atoms with Crippen LogP contribution >= 0.6 is 0 Å². The van der Waals surface area contributed by atoms with Gasteiger partial charge in [0.05, 0.1) is 31.4 Å². The van der Waals surface area contributed by atoms with Gasteiger partial charge in [-0.1, -0.05) is 32.0 Å². The third-order valence-corrected chi connectivity index (χ3v) is 6.84. The van der Waals surface area contributed by atoms with Crippen molar-refractivity contribution in [2.75, 3.05) is 38.1 Å². The van der Waals surface area contributed by atoms with E-state index in [-0.39, 0.29) is 22.8 Å². The molecule has 1 aliphatic heterocycles. The first-order chi connectivity index (χ1) is 18.6. The van der Waals surface area contributed by atoms with Gasteiger partial charge in [-0.25, -0.2) is 4.79 Å². The molecule has 1 fully saturated rings. The second-order valence-corrected chi connectivity index (χ2v) is 9.81. The smallest absolute Gasteiger partial charge is 0.337 e. The number of aliphatic hydroxyl groups excluding tert-OH is 1. The molecule has 39 heavy (non-hydrogen) atoms. The molecular weight excluding hydrogens is 496 g/mol. The Morgan fingerprint density at radius 1 is 0.949 bits per heavy atom. The highest BCUT2D eigenvalue weighted by molar-refractivity contribution is 6.51. The summed E-state index contributed by atoms with van der Waals surface area (Å²) in [4.78, 5) is 42.5. The van der Waals surface area contributed by atoms with Gasteiger partial charge in [0.15, 0.2) is 0 Å². The minimum Gasteiger partial charge on any atom is -0.507 e. The second kappa shape index (κ2) is 11.0. The fraction of sp³-hybridized carbons (Fsp3) is 0.258. The summed E-state index contributed by atoms with van der Waals surface area (Å²) in [7, 11) is 6.67. The molecule has 1 unspecified atom stereocenters. The van der Waals surface area contributed by atoms with E-state index < -0.39 is 23.7 Å². The highest BCUT2D eigenvalue weighted by Crippen LogP contribution is 2.43. The maximum Gasteiger partial charge on any atom is 0.337 e. The topological polar surface area (TPSA) is 96.4 Å². The number of carbonyl (C=O) groups is 3. The van der Waals surface area contributed by atoms with Gasteiger partial charge in [0, 0.05) is 31.0 Å². The summed E-state index contributed by atoms with van der Waals surface area (Å²) < 4.78 is 10.3. The molecule has 1 N–H and O–H groups in total. The lowest BCUT2D eigenvalue weighted by Gasteiger charge is -2.26. The average Bonchev–Trinajstić information content (AvgIpc) is 3.21. The predicted octanol–water partition coefficient (Wildman–Crippen LogP) is 5.30. The first-order valence-corrected chi connectivity index (χ1v) is 12.5. The lowest BCUT2D eigenvalue weighted by molar-refractivity contribution is -0.132. The number of ketones is 1. The van der Waals surface area contributed by atoms with Crippen LogP contribution in [0.2, 0.25) is 0 Å². The Hall–Kier alpha value is -4.59. The van der Waals surface area contributed by atoms with Gasteiger partial charge in [-0.05, 0) is 65.6 Å². The summed E-state index contributed by atoms with van der Waals surface area (Å²) in [6.45, 7) is 4.00. The van der Waals surface area contributed by atoms with E-state index in [4.69, 9.17) is 9.47 Å². The minimum absolute atomic E-state index is 0.0408. The third-order valence-electron chi connectivity index (χ3n) is 6.84. The van der Waals surface area contributed by atoms with Crippen molar-refractivity contribution < 1.29 is 29.0 Å². The summed E-state index contributed by atoms with van der Waals surface area (Å²) in [5, 5.41) is 11.6. The van der Waals surface area contributed by atoms with E-state index in [1.54, 1.807) is 43.5 Å². The number of amides is 1. The van der Waals surface area contributed by atoms with E-state index in [9.17, 15) is 19.5 Å². The van der Waals surface area contributed by atoms with Gasteiger partial charge < -0.3 is 19.5 Å². The van der Waals surface area contributed by atoms with Crippen LogP contribution in [0.5, 0.6) is 5.75 Å². The second-order valence-electron chi connectivity index (χ2n) is 9.81. The number of methoxy groups -OCH3 is 2. The van der Waals surface area contributed by atoms with Crippen LogP contribution < -0.4 is 14.5 Å². The molecule has 0 aliphatic carbocycles. The number of hydrogen-bond donors (Lipinski definition) is 1. The van der Waals surface area contributed by atoms with Crippen LogP contribution in [-0.4, -0.2) is 51.1 Å². The summed E-state index contributed by atoms with van der Waals surface area (Å²) in [6, 6.07) is 18.0. The fourth-order valence-electron chi connectivity index (χ4n) is 4.76. The van der Waals surface area contributed by atoms with Gasteiger partial charge in [0.25, 0.3) is 11.7 Å². The number of ether oxygens (including phenoxy) is 2. The molecule has 0 radical (unpaired) electrons. The lowest BCUT2D eigenvalue weighted by Crippen LogP contribution is -2.29. The van der Waals surface area contributed by atoms with Crippen LogP contribution in [0.4, 0.5) is 11.4 Å². The molecule has 0 spiro atoms. The number of rotatable bonds is 7. The lowest BCUT2D eigenvalue weighted by atomic mass is 9.93. The number of hydrogen-bond acceptors (Lipinski definition) is 7. The number of nitrogens with zero attached hydrogens (tertiary/aromatic N) is 2. The molecular formula is C31H32N2O6. The van der Waals surface area contributed by atoms with Gasteiger partial charge in [-0.15, -0.1) is 0 Å². The normalized spacial score (nSPS) is 16.5. The molecule has 3 aromatic rings. The van der Waals surface area contributed by atoms with E-state index >= 15 is 0 Å². The van der Waals surface area contributed by atoms with E-state index in [0.29, 0.717) is 22.6 Å². The van der Waals surface area contributed by atoms with E-state index in [2.05, 4.69) is 0 Å². The molecule has 202 valence electrons. The maximum absolute atomic E-state index is 13.5. The maximum atomic E-state index is 13.5. The highest BCUT2D eigenvalue weighted by atomic mass is 16.5. The Bertz CT molecular complexity index is 1460. The van der Waals surface area contributed by atoms with Crippen molar-refractivity contribution in [1.82, 2.24) is 0 Å². The molecule has 1 saturated heterocycles. The van der Waals surface area contributed by atoms with Gasteiger partial charge in [-0.3, -0.25) is 14.5 Å². The number of Topliss-reactive ketones (excluding diaryl/α,β-unsaturated/α-hetero) is 1. The molecule has 1 amide bonds. The van der Waals surface area contributed by atoms with E-state index in [1.807, 2.05) is 57.1 Å². The first kappa shape index (κ1) is 27.4. The zero-order chi connectivity index (χ0) is 28.4. The number of benzene rings is 3. The summed E-state index contributed by atoms with van der Waals surface area (Å²) in [5.41, 5.74) is 3.33. The Morgan fingerprint density at radius 2 is 1.64 bits per heavy atom. The van der Waals surface area contributed by atoms with Crippen molar-refractivity contribution in [3.05, 3.63) is 94.6 Å². The van der Waals surface area contributed by atoms with Gasteiger partial charge in [-0.2, -0.15) is 0 Å². The third kappa shape index (κ3) is 5.10. The van der Waals surface area contributed by atoms with Crippen molar-refractivity contribution in [3.8, 4) is 5.75 Å². The molecule has 8 nitrogen and oxygen atoms in total. The van der Waals surface area contributed by atoms with E-state index in [0.717, 1.165) is 11.3 Å². The van der Waals surface area contributed by atoms with Crippen LogP contribution in [0.25, 0.3) is 5.76 Å². The van der Waals surface area contributed by atoms with Crippen LogP contribution in [0.1, 0.15) is 52.9 Å². The van der Waals surface area contributed by atoms with Gasteiger partial charge in [0.1, 0.15) is 11.5 Å². The number of anilines is 2. The number of esters is 1. The van der Waals surface area contributed by atoms with Crippen LogP contribution in [0.15, 0.2) is 72.3 Å². The predicted molar refractivity (Wildman–Crippen MR) is 150 cm³/mol. The summed E-state index contributed by atoms with van der Waals surface area (Å²) in [6.07, 6.45) is 0. The average molecular weight is 529 g/mol. The SMILES string of the molecule is COC(=O)c1cccc(N2C(=O)C(=O)/C(=C(\O)c3ccc(OC)c(C(C)C)c3)C2c2ccc(N(C)C)cc2)c1. The molecule has 0 aromatic heterocycles. The number of aliphatic hydroxyl groups is 1. The monoisotopic (exact) mass is 528 g/mol. The number of carbonyl (C=O) groups excluding carboxylic acids is 3. The summed E-state index contributed by atoms with van der Waals surface area (Å²) in [5.74, 6) is -1.73. The molecule has 1 aliphatic rings. The van der Waals surface area contributed by atoms with Crippen molar-refractivity contribution in [1.29, 1.82) is 0 Å². The van der Waals surface area contributed by atoms with E-state index in [1.165, 1.54) is 18.1 Å². The fourth-order valence-corrected chi connectivity index (χ4v) is 4.76. The molecule has 1 heterocycles. The highest BCUT2D eigenvalue weighted by Gasteiger charge is 2.47. The van der Waals surface area contributed by atoms with Crippen LogP contribution in [-0.2, 0) is 14.3 Å². The van der Waals surface area contributed by atoms with Crippen LogP contribution in [0, 0.1) is 0 Å². The van der Waals surface area contributed by atoms with Crippen molar-refractivity contribution in [3.63, 3.8) is 0 Å². The molecule has 1 atom stereocenters. The minimum atomic E-state index is -0.932. The molecule has 3 aromatic carbocycles. The zero-order valence-electron chi connectivity index (χ0n) is 22.9. The Balaban J connectivity index is 1.95. The van der Waals surface area contributed by atoms with Crippen LogP contribution in [0.3, 0.4) is 0 Å². The standard InChI is InChI=1S/C31H32N2O6/c1-18(2)24-17-20(12-15-25(24)38-5)28(34)26-27(19-10-13-22(14-11-19)32(3)4)33(30(36)29(26)35)23-9-7-8-21(16-23)31(37)39-6/h7-18,27,34H,1-6H3/b28-26-. The molecule has 8 heteroatoms.